The van der Waals surface area contributed by atoms with Crippen molar-refractivity contribution >= 4 is 15.9 Å². The number of halogens is 2. The molecule has 1 heterocycles. The van der Waals surface area contributed by atoms with Gasteiger partial charge in [-0.15, -0.1) is 0 Å². The molecule has 1 atom stereocenters. The molecule has 0 saturated carbocycles. The van der Waals surface area contributed by atoms with E-state index >= 15 is 0 Å². The highest BCUT2D eigenvalue weighted by molar-refractivity contribution is 9.10. The summed E-state index contributed by atoms with van der Waals surface area (Å²) in [5, 5.41) is 7.57. The van der Waals surface area contributed by atoms with Gasteiger partial charge in [0.1, 0.15) is 5.82 Å². The molecule has 2 aromatic rings. The van der Waals surface area contributed by atoms with Gasteiger partial charge >= 0.3 is 0 Å². The molecule has 0 amide bonds. The smallest absolute Gasteiger partial charge is 0.137 e. The van der Waals surface area contributed by atoms with Crippen molar-refractivity contribution in [3.8, 4) is 0 Å². The zero-order valence-electron chi connectivity index (χ0n) is 11.2. The number of nitrogens with zero attached hydrogens (tertiary/aromatic N) is 2. The Morgan fingerprint density at radius 1 is 1.47 bits per heavy atom. The number of hydrogen-bond acceptors (Lipinski definition) is 2. The van der Waals surface area contributed by atoms with Crippen molar-refractivity contribution in [2.24, 2.45) is 7.05 Å². The van der Waals surface area contributed by atoms with Crippen LogP contribution in [-0.2, 0) is 13.5 Å². The maximum atomic E-state index is 13.6. The summed E-state index contributed by atoms with van der Waals surface area (Å²) in [5.74, 6) is -0.237. The zero-order chi connectivity index (χ0) is 14.0. The highest BCUT2D eigenvalue weighted by atomic mass is 79.9. The van der Waals surface area contributed by atoms with Gasteiger partial charge in [0.05, 0.1) is 10.2 Å². The van der Waals surface area contributed by atoms with Crippen LogP contribution in [0.2, 0.25) is 0 Å². The normalized spacial score (nSPS) is 12.7. The lowest BCUT2D eigenvalue weighted by Gasteiger charge is -2.18. The molecule has 5 heteroatoms. The molecule has 0 spiro atoms. The van der Waals surface area contributed by atoms with E-state index in [1.165, 1.54) is 6.07 Å². The van der Waals surface area contributed by atoms with E-state index in [1.54, 1.807) is 6.07 Å². The Bertz CT molecular complexity index is 580. The number of hydrogen-bond donors (Lipinski definition) is 1. The van der Waals surface area contributed by atoms with E-state index in [0.29, 0.717) is 4.47 Å². The van der Waals surface area contributed by atoms with Gasteiger partial charge < -0.3 is 5.32 Å². The largest absolute Gasteiger partial charge is 0.313 e. The van der Waals surface area contributed by atoms with Gasteiger partial charge in [-0.05, 0) is 47.6 Å². The SMILES string of the molecule is CNC(Cc1cc(C)nn1C)c1cccc(F)c1Br. The number of aromatic nitrogens is 2. The Balaban J connectivity index is 2.30. The Labute approximate surface area is 121 Å². The van der Waals surface area contributed by atoms with Crippen LogP contribution in [0.15, 0.2) is 28.7 Å². The second-order valence-corrected chi connectivity index (χ2v) is 5.38. The van der Waals surface area contributed by atoms with Crippen molar-refractivity contribution in [2.75, 3.05) is 7.05 Å². The summed E-state index contributed by atoms with van der Waals surface area (Å²) in [6, 6.07) is 7.21. The molecule has 0 saturated heterocycles. The van der Waals surface area contributed by atoms with Crippen LogP contribution in [-0.4, -0.2) is 16.8 Å². The summed E-state index contributed by atoms with van der Waals surface area (Å²) in [5.41, 5.74) is 3.03. The van der Waals surface area contributed by atoms with E-state index in [0.717, 1.165) is 23.4 Å². The van der Waals surface area contributed by atoms with Gasteiger partial charge in [-0.1, -0.05) is 12.1 Å². The lowest BCUT2D eigenvalue weighted by molar-refractivity contribution is 0.549. The van der Waals surface area contributed by atoms with Crippen LogP contribution in [0, 0.1) is 12.7 Å². The highest BCUT2D eigenvalue weighted by Crippen LogP contribution is 2.28. The number of likely N-dealkylation sites (N-methyl/N-ethyl adjacent to an activating group) is 1. The van der Waals surface area contributed by atoms with Gasteiger partial charge in [-0.2, -0.15) is 5.10 Å². The number of nitrogens with one attached hydrogen (secondary N) is 1. The molecular weight excluding hydrogens is 309 g/mol. The molecular formula is C14H17BrFN3. The lowest BCUT2D eigenvalue weighted by Crippen LogP contribution is -2.20. The topological polar surface area (TPSA) is 29.9 Å². The fourth-order valence-corrected chi connectivity index (χ4v) is 2.76. The average molecular weight is 326 g/mol. The summed E-state index contributed by atoms with van der Waals surface area (Å²) < 4.78 is 16.0. The molecule has 2 rings (SSSR count). The predicted molar refractivity (Wildman–Crippen MR) is 77.5 cm³/mol. The van der Waals surface area contributed by atoms with Crippen LogP contribution in [0.5, 0.6) is 0 Å². The van der Waals surface area contributed by atoms with Crippen molar-refractivity contribution in [3.05, 3.63) is 51.5 Å². The minimum absolute atomic E-state index is 0.0416. The van der Waals surface area contributed by atoms with Gasteiger partial charge in [-0.25, -0.2) is 4.39 Å². The third-order valence-corrected chi connectivity index (χ3v) is 4.05. The van der Waals surface area contributed by atoms with E-state index in [4.69, 9.17) is 0 Å². The fraction of sp³-hybridized carbons (Fsp3) is 0.357. The quantitative estimate of drug-likeness (QED) is 0.935. The number of rotatable bonds is 4. The molecule has 1 aromatic heterocycles. The molecule has 1 unspecified atom stereocenters. The molecule has 19 heavy (non-hydrogen) atoms. The van der Waals surface area contributed by atoms with Crippen molar-refractivity contribution in [1.82, 2.24) is 15.1 Å². The maximum absolute atomic E-state index is 13.6. The summed E-state index contributed by atoms with van der Waals surface area (Å²) in [7, 11) is 3.81. The summed E-state index contributed by atoms with van der Waals surface area (Å²) >= 11 is 3.32. The Morgan fingerprint density at radius 3 is 2.79 bits per heavy atom. The van der Waals surface area contributed by atoms with Gasteiger partial charge in [0.25, 0.3) is 0 Å². The molecule has 0 aliphatic heterocycles. The van der Waals surface area contributed by atoms with Crippen LogP contribution >= 0.6 is 15.9 Å². The Kier molecular flexibility index (Phi) is 4.37. The summed E-state index contributed by atoms with van der Waals surface area (Å²) in [6.45, 7) is 1.97. The molecule has 102 valence electrons. The van der Waals surface area contributed by atoms with Crippen LogP contribution in [0.4, 0.5) is 4.39 Å². The second-order valence-electron chi connectivity index (χ2n) is 4.59. The van der Waals surface area contributed by atoms with Crippen LogP contribution < -0.4 is 5.32 Å². The lowest BCUT2D eigenvalue weighted by atomic mass is 10.0. The first-order valence-corrected chi connectivity index (χ1v) is 6.93. The standard InChI is InChI=1S/C14H17BrFN3/c1-9-7-10(19(3)18-9)8-13(17-2)11-5-4-6-12(16)14(11)15/h4-7,13,17H,8H2,1-3H3. The number of aryl methyl sites for hydroxylation is 2. The maximum Gasteiger partial charge on any atom is 0.137 e. The minimum atomic E-state index is -0.237. The van der Waals surface area contributed by atoms with Crippen molar-refractivity contribution in [1.29, 1.82) is 0 Å². The van der Waals surface area contributed by atoms with Gasteiger partial charge in [0.15, 0.2) is 0 Å². The zero-order valence-corrected chi connectivity index (χ0v) is 12.8. The molecule has 0 aliphatic carbocycles. The van der Waals surface area contributed by atoms with Crippen LogP contribution in [0.25, 0.3) is 0 Å². The van der Waals surface area contributed by atoms with Crippen molar-refractivity contribution in [3.63, 3.8) is 0 Å². The monoisotopic (exact) mass is 325 g/mol. The second kappa shape index (κ2) is 5.84. The third-order valence-electron chi connectivity index (χ3n) is 3.22. The van der Waals surface area contributed by atoms with E-state index < -0.39 is 0 Å². The van der Waals surface area contributed by atoms with Crippen LogP contribution in [0.3, 0.4) is 0 Å². The average Bonchev–Trinajstić information content (AvgIpc) is 2.68. The minimum Gasteiger partial charge on any atom is -0.313 e. The first-order chi connectivity index (χ1) is 9.02. The molecule has 1 N–H and O–H groups in total. The molecule has 0 radical (unpaired) electrons. The Hall–Kier alpha value is -1.20. The summed E-state index contributed by atoms with van der Waals surface area (Å²) in [4.78, 5) is 0. The molecule has 1 aromatic carbocycles. The van der Waals surface area contributed by atoms with Gasteiger partial charge in [0.2, 0.25) is 0 Å². The van der Waals surface area contributed by atoms with E-state index in [1.807, 2.05) is 31.8 Å². The predicted octanol–water partition coefficient (Wildman–Crippen LogP) is 3.13. The number of benzene rings is 1. The highest BCUT2D eigenvalue weighted by Gasteiger charge is 2.17. The molecule has 0 fully saturated rings. The van der Waals surface area contributed by atoms with Gasteiger partial charge in [0, 0.05) is 25.2 Å². The van der Waals surface area contributed by atoms with Crippen molar-refractivity contribution in [2.45, 2.75) is 19.4 Å². The van der Waals surface area contributed by atoms with Crippen LogP contribution in [0.1, 0.15) is 23.0 Å². The van der Waals surface area contributed by atoms with Gasteiger partial charge in [-0.3, -0.25) is 4.68 Å². The molecule has 3 nitrogen and oxygen atoms in total. The van der Waals surface area contributed by atoms with Crippen molar-refractivity contribution < 1.29 is 4.39 Å². The summed E-state index contributed by atoms with van der Waals surface area (Å²) in [6.07, 6.45) is 0.760. The Morgan fingerprint density at radius 2 is 2.21 bits per heavy atom. The van der Waals surface area contributed by atoms with E-state index in [2.05, 4.69) is 32.4 Å². The third kappa shape index (κ3) is 3.04. The van der Waals surface area contributed by atoms with E-state index in [9.17, 15) is 4.39 Å². The van der Waals surface area contributed by atoms with E-state index in [-0.39, 0.29) is 11.9 Å². The molecule has 0 aliphatic rings. The first kappa shape index (κ1) is 14.2. The first-order valence-electron chi connectivity index (χ1n) is 6.13. The fourth-order valence-electron chi connectivity index (χ4n) is 2.22. The molecule has 0 bridgehead atoms.